The van der Waals surface area contributed by atoms with Crippen molar-refractivity contribution in [2.75, 3.05) is 30.6 Å². The third-order valence-corrected chi connectivity index (χ3v) is 9.59. The largest absolute Gasteiger partial charge is 0.477 e. The molecule has 4 rings (SSSR count). The molecule has 21 heteroatoms. The summed E-state index contributed by atoms with van der Waals surface area (Å²) in [5, 5.41) is 23.9. The van der Waals surface area contributed by atoms with Crippen LogP contribution in [0.5, 0.6) is 0 Å². The van der Waals surface area contributed by atoms with E-state index >= 15 is 0 Å². The van der Waals surface area contributed by atoms with Crippen LogP contribution in [0.3, 0.4) is 0 Å². The molecule has 5 N–H and O–H groups in total. The summed E-state index contributed by atoms with van der Waals surface area (Å²) in [5.41, 5.74) is 5.64. The maximum atomic E-state index is 12.9. The van der Waals surface area contributed by atoms with Gasteiger partial charge in [0.2, 0.25) is 21.6 Å². The van der Waals surface area contributed by atoms with Gasteiger partial charge in [0, 0.05) is 23.0 Å². The van der Waals surface area contributed by atoms with E-state index < -0.39 is 39.2 Å². The van der Waals surface area contributed by atoms with Crippen molar-refractivity contribution in [3.8, 4) is 0 Å². The molecule has 16 nitrogen and oxygen atoms in total. The maximum Gasteiger partial charge on any atom is 0.352 e. The lowest BCUT2D eigenvalue weighted by Crippen LogP contribution is -2.71. The third kappa shape index (κ3) is 6.23. The van der Waals surface area contributed by atoms with Crippen LogP contribution in [0.1, 0.15) is 10.8 Å². The Balaban J connectivity index is 1.43. The van der Waals surface area contributed by atoms with Crippen molar-refractivity contribution in [3.05, 3.63) is 22.1 Å². The minimum atomic E-state index is -3.38. The molecule has 2 aromatic heterocycles. The topological polar surface area (TPSA) is 232 Å². The molecule has 0 aromatic carbocycles. The van der Waals surface area contributed by atoms with Gasteiger partial charge in [-0.15, -0.1) is 22.0 Å². The summed E-state index contributed by atoms with van der Waals surface area (Å²) in [7, 11) is -2.15. The number of carbonyl (C=O) groups excluding carboxylic acids is 2. The van der Waals surface area contributed by atoms with Crippen LogP contribution >= 0.6 is 46.4 Å². The first-order valence-electron chi connectivity index (χ1n) is 10.3. The van der Waals surface area contributed by atoms with E-state index in [1.54, 1.807) is 0 Å². The van der Waals surface area contributed by atoms with Crippen LogP contribution in [0.4, 0.5) is 5.13 Å². The molecule has 1 fully saturated rings. The van der Waals surface area contributed by atoms with Gasteiger partial charge in [0.25, 0.3) is 11.8 Å². The molecule has 1 saturated heterocycles. The molecule has 0 aliphatic carbocycles. The fourth-order valence-electron chi connectivity index (χ4n) is 3.32. The summed E-state index contributed by atoms with van der Waals surface area (Å²) in [5.74, 6) is -2.20. The van der Waals surface area contributed by atoms with Crippen LogP contribution < -0.4 is 15.8 Å². The highest BCUT2D eigenvalue weighted by Crippen LogP contribution is 2.41. The molecule has 1 unspecified atom stereocenters. The fourth-order valence-corrected chi connectivity index (χ4v) is 7.57. The SMILES string of the molecule is CON=C(C(=O)NC1C(=O)N2C(C(=O)O)=C(CSc3nnc(CNS(C)(=O)=O)s3)CS[C@@H]12)c1nsc(N)n1. The number of carboxylic acid groups (broad SMARTS) is 1. The number of nitrogens with two attached hydrogens (primary N) is 1. The van der Waals surface area contributed by atoms with Crippen LogP contribution in [-0.4, -0.2) is 97.8 Å². The summed E-state index contributed by atoms with van der Waals surface area (Å²) in [6, 6.07) is -0.998. The molecule has 4 heterocycles. The molecule has 2 aromatic rings. The van der Waals surface area contributed by atoms with E-state index in [0.29, 0.717) is 20.7 Å². The number of thioether (sulfide) groups is 2. The Morgan fingerprint density at radius 3 is 2.76 bits per heavy atom. The number of amides is 2. The van der Waals surface area contributed by atoms with Gasteiger partial charge in [-0.05, 0) is 5.57 Å². The number of oxime groups is 1. The van der Waals surface area contributed by atoms with Gasteiger partial charge in [-0.1, -0.05) is 28.3 Å². The molecule has 2 aliphatic heterocycles. The van der Waals surface area contributed by atoms with Crippen LogP contribution in [0.2, 0.25) is 0 Å². The lowest BCUT2D eigenvalue weighted by molar-refractivity contribution is -0.150. The smallest absolute Gasteiger partial charge is 0.352 e. The summed E-state index contributed by atoms with van der Waals surface area (Å²) in [4.78, 5) is 47.6. The Labute approximate surface area is 231 Å². The van der Waals surface area contributed by atoms with Crippen molar-refractivity contribution in [1.29, 1.82) is 0 Å². The number of carboxylic acids is 1. The van der Waals surface area contributed by atoms with Crippen LogP contribution in [0.15, 0.2) is 20.8 Å². The van der Waals surface area contributed by atoms with E-state index in [2.05, 4.69) is 34.7 Å². The number of β-lactam (4-membered cyclic amide) rings is 1. The Morgan fingerprint density at radius 1 is 1.37 bits per heavy atom. The molecule has 204 valence electrons. The van der Waals surface area contributed by atoms with Gasteiger partial charge in [-0.3, -0.25) is 14.5 Å². The number of aromatic nitrogens is 4. The Morgan fingerprint density at radius 2 is 2.13 bits per heavy atom. The molecule has 2 aliphatic rings. The molecule has 0 bridgehead atoms. The number of sulfonamides is 1. The van der Waals surface area contributed by atoms with E-state index in [4.69, 9.17) is 10.6 Å². The van der Waals surface area contributed by atoms with Crippen molar-refractivity contribution in [2.45, 2.75) is 22.3 Å². The summed E-state index contributed by atoms with van der Waals surface area (Å²) in [6.07, 6.45) is 1.03. The van der Waals surface area contributed by atoms with E-state index in [1.165, 1.54) is 42.0 Å². The molecule has 2 atom stereocenters. The highest BCUT2D eigenvalue weighted by molar-refractivity contribution is 8.01. The first kappa shape index (κ1) is 28.2. The van der Waals surface area contributed by atoms with Crippen molar-refractivity contribution in [2.24, 2.45) is 5.16 Å². The zero-order chi connectivity index (χ0) is 27.6. The maximum absolute atomic E-state index is 12.9. The average Bonchev–Trinajstić information content (AvgIpc) is 3.50. The predicted octanol–water partition coefficient (Wildman–Crippen LogP) is -1.10. The highest BCUT2D eigenvalue weighted by atomic mass is 32.2. The van der Waals surface area contributed by atoms with Gasteiger partial charge in [-0.25, -0.2) is 17.9 Å². The minimum absolute atomic E-state index is 0.00419. The molecule has 2 amide bonds. The van der Waals surface area contributed by atoms with Crippen molar-refractivity contribution >= 4 is 85.0 Å². The van der Waals surface area contributed by atoms with Crippen molar-refractivity contribution in [3.63, 3.8) is 0 Å². The van der Waals surface area contributed by atoms with Crippen molar-refractivity contribution < 1.29 is 32.7 Å². The first-order chi connectivity index (χ1) is 18.0. The Hall–Kier alpha value is -2.85. The normalized spacial score (nSPS) is 19.7. The Bertz CT molecular complexity index is 1440. The Kier molecular flexibility index (Phi) is 8.52. The van der Waals surface area contributed by atoms with Gasteiger partial charge in [0.15, 0.2) is 9.47 Å². The second kappa shape index (κ2) is 11.5. The quantitative estimate of drug-likeness (QED) is 0.101. The summed E-state index contributed by atoms with van der Waals surface area (Å²) in [6.45, 7) is -0.00419. The number of anilines is 1. The average molecular weight is 622 g/mol. The molecule has 0 spiro atoms. The highest BCUT2D eigenvalue weighted by Gasteiger charge is 2.54. The van der Waals surface area contributed by atoms with Crippen LogP contribution in [0.25, 0.3) is 0 Å². The number of carbonyl (C=O) groups is 3. The third-order valence-electron chi connectivity index (χ3n) is 4.89. The first-order valence-corrected chi connectivity index (χ1v) is 15.8. The number of hydrogen-bond acceptors (Lipinski definition) is 16. The van der Waals surface area contributed by atoms with Gasteiger partial charge >= 0.3 is 5.97 Å². The number of nitrogens with zero attached hydrogens (tertiary/aromatic N) is 6. The molecule has 0 radical (unpaired) electrons. The summed E-state index contributed by atoms with van der Waals surface area (Å²) >= 11 is 4.55. The van der Waals surface area contributed by atoms with Gasteiger partial charge in [0.1, 0.15) is 29.2 Å². The summed E-state index contributed by atoms with van der Waals surface area (Å²) < 4.78 is 29.3. The van der Waals surface area contributed by atoms with Crippen LogP contribution in [-0.2, 0) is 35.8 Å². The number of rotatable bonds is 11. The number of nitrogen functional groups attached to an aromatic ring is 1. The fraction of sp³-hybridized carbons (Fsp3) is 0.412. The lowest BCUT2D eigenvalue weighted by atomic mass is 10.0. The second-order valence-corrected chi connectivity index (χ2v) is 13.5. The van der Waals surface area contributed by atoms with Gasteiger partial charge in [-0.2, -0.15) is 9.36 Å². The zero-order valence-corrected chi connectivity index (χ0v) is 23.6. The number of fused-ring (bicyclic) bond motifs is 1. The van der Waals surface area contributed by atoms with Crippen LogP contribution in [0, 0.1) is 0 Å². The van der Waals surface area contributed by atoms with E-state index in [9.17, 15) is 27.9 Å². The molecule has 38 heavy (non-hydrogen) atoms. The van der Waals surface area contributed by atoms with Gasteiger partial charge in [0.05, 0.1) is 12.8 Å². The number of nitrogens with one attached hydrogen (secondary N) is 2. The second-order valence-electron chi connectivity index (χ2n) is 7.54. The molecule has 0 saturated carbocycles. The molecular weight excluding hydrogens is 603 g/mol. The zero-order valence-electron chi connectivity index (χ0n) is 19.5. The van der Waals surface area contributed by atoms with Crippen molar-refractivity contribution in [1.82, 2.24) is 34.5 Å². The van der Waals surface area contributed by atoms with Gasteiger partial charge < -0.3 is 21.0 Å². The van der Waals surface area contributed by atoms with E-state index in [1.807, 2.05) is 0 Å². The number of aliphatic carboxylic acids is 1. The number of hydrogen-bond donors (Lipinski definition) is 4. The standard InChI is InChI=1S/C17H19N9O7S5/c1-33-24-8(11-21-16(18)37-25-11)12(27)20-9-13(28)26-10(15(29)30)6(4-34-14(9)26)5-35-17-23-22-7(36-17)3-19-38(2,31)32/h9,14,19H,3-5H2,1-2H3,(H,20,27)(H,29,30)(H2,18,21,25)/t9?,14-/m0/s1. The lowest BCUT2D eigenvalue weighted by Gasteiger charge is -2.49. The minimum Gasteiger partial charge on any atom is -0.477 e. The van der Waals surface area contributed by atoms with E-state index in [-0.39, 0.29) is 34.7 Å². The van der Waals surface area contributed by atoms with E-state index in [0.717, 1.165) is 22.7 Å². The molecular formula is C17H19N9O7S5. The monoisotopic (exact) mass is 621 g/mol. The predicted molar refractivity (Wildman–Crippen MR) is 140 cm³/mol.